The van der Waals surface area contributed by atoms with Gasteiger partial charge in [0.25, 0.3) is 5.91 Å². The van der Waals surface area contributed by atoms with Crippen molar-refractivity contribution < 1.29 is 9.53 Å². The second-order valence-corrected chi connectivity index (χ2v) is 5.33. The summed E-state index contributed by atoms with van der Waals surface area (Å²) in [4.78, 5) is 12.6. The number of methoxy groups -OCH3 is 1. The molecular weight excluding hydrogens is 260 g/mol. The number of carbonyl (C=O) groups excluding carboxylic acids is 1. The van der Waals surface area contributed by atoms with Gasteiger partial charge in [-0.2, -0.15) is 0 Å². The zero-order valence-corrected chi connectivity index (χ0v) is 11.3. The highest BCUT2D eigenvalue weighted by atomic mass is 35.5. The maximum absolute atomic E-state index is 12.0. The first kappa shape index (κ1) is 12.8. The monoisotopic (exact) mass is 274 g/mol. The van der Waals surface area contributed by atoms with E-state index in [-0.39, 0.29) is 18.1 Å². The molecule has 0 saturated carbocycles. The highest BCUT2D eigenvalue weighted by Crippen LogP contribution is 2.27. The van der Waals surface area contributed by atoms with Crippen LogP contribution in [0.3, 0.4) is 0 Å². The number of thiophene rings is 1. The summed E-state index contributed by atoms with van der Waals surface area (Å²) >= 11 is 7.43. The molecule has 1 aliphatic heterocycles. The SMILES string of the molecule is CO[C@H]1CNCC1NC(=O)c1scc(C)c1Cl. The van der Waals surface area contributed by atoms with E-state index < -0.39 is 0 Å². The van der Waals surface area contributed by atoms with Crippen LogP contribution < -0.4 is 10.6 Å². The lowest BCUT2D eigenvalue weighted by Crippen LogP contribution is -2.43. The van der Waals surface area contributed by atoms with Crippen molar-refractivity contribution in [2.24, 2.45) is 0 Å². The number of ether oxygens (including phenoxy) is 1. The average Bonchev–Trinajstić information content (AvgIpc) is 2.87. The fourth-order valence-corrected chi connectivity index (χ4v) is 3.04. The number of rotatable bonds is 3. The van der Waals surface area contributed by atoms with Crippen molar-refractivity contribution in [3.8, 4) is 0 Å². The lowest BCUT2D eigenvalue weighted by molar-refractivity contribution is 0.0783. The summed E-state index contributed by atoms with van der Waals surface area (Å²) in [5, 5.41) is 8.57. The first-order chi connectivity index (χ1) is 8.13. The van der Waals surface area contributed by atoms with Crippen molar-refractivity contribution in [2.45, 2.75) is 19.1 Å². The predicted molar refractivity (Wildman–Crippen MR) is 69.0 cm³/mol. The minimum Gasteiger partial charge on any atom is -0.378 e. The molecule has 1 aliphatic rings. The van der Waals surface area contributed by atoms with Crippen LogP contribution in [0.15, 0.2) is 5.38 Å². The number of hydrogen-bond acceptors (Lipinski definition) is 4. The van der Waals surface area contributed by atoms with Crippen LogP contribution in [0.2, 0.25) is 5.02 Å². The maximum atomic E-state index is 12.0. The highest BCUT2D eigenvalue weighted by Gasteiger charge is 2.29. The van der Waals surface area contributed by atoms with Crippen molar-refractivity contribution in [3.63, 3.8) is 0 Å². The molecule has 1 unspecified atom stereocenters. The third-order valence-corrected chi connectivity index (χ3v) is 4.58. The van der Waals surface area contributed by atoms with E-state index in [2.05, 4.69) is 10.6 Å². The molecular formula is C11H15ClN2O2S. The van der Waals surface area contributed by atoms with Gasteiger partial charge < -0.3 is 15.4 Å². The topological polar surface area (TPSA) is 50.4 Å². The molecule has 2 heterocycles. The molecule has 0 bridgehead atoms. The van der Waals surface area contributed by atoms with Crippen LogP contribution in [0.5, 0.6) is 0 Å². The molecule has 2 atom stereocenters. The van der Waals surface area contributed by atoms with Gasteiger partial charge in [-0.1, -0.05) is 11.6 Å². The summed E-state index contributed by atoms with van der Waals surface area (Å²) in [6.07, 6.45) is 0.0267. The number of nitrogens with one attached hydrogen (secondary N) is 2. The van der Waals surface area contributed by atoms with Crippen LogP contribution in [-0.4, -0.2) is 38.3 Å². The molecule has 1 fully saturated rings. The molecule has 1 aromatic heterocycles. The van der Waals surface area contributed by atoms with Crippen LogP contribution in [0.1, 0.15) is 15.2 Å². The summed E-state index contributed by atoms with van der Waals surface area (Å²) in [5.74, 6) is -0.121. The smallest absolute Gasteiger partial charge is 0.263 e. The van der Waals surface area contributed by atoms with Gasteiger partial charge in [0.05, 0.1) is 17.2 Å². The van der Waals surface area contributed by atoms with E-state index in [1.807, 2.05) is 12.3 Å². The number of amides is 1. The minimum absolute atomic E-state index is 0.00553. The molecule has 6 heteroatoms. The Bertz CT molecular complexity index is 422. The number of aryl methyl sites for hydroxylation is 1. The van der Waals surface area contributed by atoms with E-state index in [0.717, 1.165) is 18.7 Å². The lowest BCUT2D eigenvalue weighted by Gasteiger charge is -2.18. The Morgan fingerprint density at radius 3 is 3.00 bits per heavy atom. The van der Waals surface area contributed by atoms with E-state index in [1.54, 1.807) is 7.11 Å². The number of halogens is 1. The van der Waals surface area contributed by atoms with Gasteiger partial charge in [0.1, 0.15) is 4.88 Å². The van der Waals surface area contributed by atoms with Crippen LogP contribution >= 0.6 is 22.9 Å². The standard InChI is InChI=1S/C11H15ClN2O2S/c1-6-5-17-10(9(6)12)11(15)14-7-3-13-4-8(7)16-2/h5,7-8,13H,3-4H2,1-2H3,(H,14,15)/t7?,8-/m0/s1. The Balaban J connectivity index is 2.04. The summed E-state index contributed by atoms with van der Waals surface area (Å²) in [6.45, 7) is 3.38. The van der Waals surface area contributed by atoms with Gasteiger partial charge in [-0.3, -0.25) is 4.79 Å². The molecule has 0 spiro atoms. The Labute approximate surface area is 109 Å². The largest absolute Gasteiger partial charge is 0.378 e. The Morgan fingerprint density at radius 1 is 1.65 bits per heavy atom. The van der Waals surface area contributed by atoms with Gasteiger partial charge in [-0.15, -0.1) is 11.3 Å². The van der Waals surface area contributed by atoms with Gasteiger partial charge in [0.15, 0.2) is 0 Å². The molecule has 17 heavy (non-hydrogen) atoms. The van der Waals surface area contributed by atoms with Gasteiger partial charge in [0.2, 0.25) is 0 Å². The molecule has 94 valence electrons. The Kier molecular flexibility index (Phi) is 4.04. The van der Waals surface area contributed by atoms with Crippen molar-refractivity contribution in [2.75, 3.05) is 20.2 Å². The highest BCUT2D eigenvalue weighted by molar-refractivity contribution is 7.13. The molecule has 0 aliphatic carbocycles. The van der Waals surface area contributed by atoms with Gasteiger partial charge >= 0.3 is 0 Å². The van der Waals surface area contributed by atoms with E-state index in [1.165, 1.54) is 11.3 Å². The average molecular weight is 275 g/mol. The van der Waals surface area contributed by atoms with Crippen molar-refractivity contribution in [1.29, 1.82) is 0 Å². The predicted octanol–water partition coefficient (Wildman–Crippen LogP) is 1.43. The second kappa shape index (κ2) is 5.35. The summed E-state index contributed by atoms with van der Waals surface area (Å²) in [6, 6.07) is 0.00553. The van der Waals surface area contributed by atoms with E-state index in [9.17, 15) is 4.79 Å². The Hall–Kier alpha value is -0.620. The maximum Gasteiger partial charge on any atom is 0.263 e. The van der Waals surface area contributed by atoms with Crippen molar-refractivity contribution in [1.82, 2.24) is 10.6 Å². The second-order valence-electron chi connectivity index (χ2n) is 4.07. The van der Waals surface area contributed by atoms with Crippen molar-refractivity contribution in [3.05, 3.63) is 20.8 Å². The van der Waals surface area contributed by atoms with Crippen LogP contribution in [0, 0.1) is 6.92 Å². The fourth-order valence-electron chi connectivity index (χ4n) is 1.86. The van der Waals surface area contributed by atoms with E-state index >= 15 is 0 Å². The molecule has 1 amide bonds. The first-order valence-electron chi connectivity index (χ1n) is 5.41. The first-order valence-corrected chi connectivity index (χ1v) is 6.67. The zero-order valence-electron chi connectivity index (χ0n) is 9.75. The summed E-state index contributed by atoms with van der Waals surface area (Å²) < 4.78 is 5.29. The zero-order chi connectivity index (χ0) is 12.4. The molecule has 0 radical (unpaired) electrons. The van der Waals surface area contributed by atoms with Gasteiger partial charge in [0, 0.05) is 20.2 Å². The van der Waals surface area contributed by atoms with Crippen molar-refractivity contribution >= 4 is 28.8 Å². The molecule has 0 aromatic carbocycles. The third-order valence-electron chi connectivity index (χ3n) is 2.88. The molecule has 4 nitrogen and oxygen atoms in total. The van der Waals surface area contributed by atoms with Crippen LogP contribution in [-0.2, 0) is 4.74 Å². The lowest BCUT2D eigenvalue weighted by atomic mass is 10.2. The normalized spacial score (nSPS) is 23.9. The van der Waals surface area contributed by atoms with E-state index in [4.69, 9.17) is 16.3 Å². The molecule has 1 aromatic rings. The summed E-state index contributed by atoms with van der Waals surface area (Å²) in [7, 11) is 1.65. The van der Waals surface area contributed by atoms with Crippen LogP contribution in [0.25, 0.3) is 0 Å². The third kappa shape index (κ3) is 2.63. The molecule has 1 saturated heterocycles. The quantitative estimate of drug-likeness (QED) is 0.877. The molecule has 2 rings (SSSR count). The number of carbonyl (C=O) groups is 1. The Morgan fingerprint density at radius 2 is 2.41 bits per heavy atom. The van der Waals surface area contributed by atoms with E-state index in [0.29, 0.717) is 9.90 Å². The number of hydrogen-bond donors (Lipinski definition) is 2. The molecule has 2 N–H and O–H groups in total. The fraction of sp³-hybridized carbons (Fsp3) is 0.545. The minimum atomic E-state index is -0.121. The van der Waals surface area contributed by atoms with Gasteiger partial charge in [-0.05, 0) is 17.9 Å². The summed E-state index contributed by atoms with van der Waals surface area (Å²) in [5.41, 5.74) is 0.939. The van der Waals surface area contributed by atoms with Crippen LogP contribution in [0.4, 0.5) is 0 Å². The van der Waals surface area contributed by atoms with Gasteiger partial charge in [-0.25, -0.2) is 0 Å².